The molecule has 4 heteroatoms. The topological polar surface area (TPSA) is 50.4 Å². The predicted octanol–water partition coefficient (Wildman–Crippen LogP) is 0.732. The second-order valence-corrected chi connectivity index (χ2v) is 2.42. The van der Waals surface area contributed by atoms with E-state index in [4.69, 9.17) is 4.74 Å². The summed E-state index contributed by atoms with van der Waals surface area (Å²) in [6.07, 6.45) is 0.609. The van der Waals surface area contributed by atoms with Crippen molar-refractivity contribution in [1.29, 1.82) is 0 Å². The molecule has 0 unspecified atom stereocenters. The Labute approximate surface area is 73.7 Å². The van der Waals surface area contributed by atoms with Crippen LogP contribution < -0.4 is 10.6 Å². The zero-order valence-corrected chi connectivity index (χ0v) is 7.85. The highest BCUT2D eigenvalue weighted by Gasteiger charge is 1.97. The molecule has 2 N–H and O–H groups in total. The van der Waals surface area contributed by atoms with E-state index >= 15 is 0 Å². The van der Waals surface area contributed by atoms with Crippen molar-refractivity contribution in [1.82, 2.24) is 10.6 Å². The largest absolute Gasteiger partial charge is 0.448 e. The summed E-state index contributed by atoms with van der Waals surface area (Å²) in [6.45, 7) is 6.75. The lowest BCUT2D eigenvalue weighted by Gasteiger charge is -2.05. The Morgan fingerprint density at radius 3 is 2.67 bits per heavy atom. The van der Waals surface area contributed by atoms with Gasteiger partial charge in [-0.3, -0.25) is 0 Å². The lowest BCUT2D eigenvalue weighted by molar-refractivity contribution is 0.147. The van der Waals surface area contributed by atoms with Gasteiger partial charge in [0.05, 0.1) is 0 Å². The van der Waals surface area contributed by atoms with E-state index < -0.39 is 0 Å². The first-order valence-electron chi connectivity index (χ1n) is 4.42. The molecule has 0 aliphatic rings. The van der Waals surface area contributed by atoms with Gasteiger partial charge < -0.3 is 15.4 Å². The summed E-state index contributed by atoms with van der Waals surface area (Å²) in [5, 5.41) is 5.68. The van der Waals surface area contributed by atoms with Gasteiger partial charge in [0.25, 0.3) is 0 Å². The molecule has 0 saturated carbocycles. The van der Waals surface area contributed by atoms with E-state index in [9.17, 15) is 4.79 Å². The van der Waals surface area contributed by atoms with Gasteiger partial charge in [0, 0.05) is 13.1 Å². The summed E-state index contributed by atoms with van der Waals surface area (Å²) < 4.78 is 4.83. The van der Waals surface area contributed by atoms with Crippen molar-refractivity contribution in [2.24, 2.45) is 0 Å². The zero-order chi connectivity index (χ0) is 9.23. The first-order chi connectivity index (χ1) is 5.81. The summed E-state index contributed by atoms with van der Waals surface area (Å²) in [5.41, 5.74) is 0. The molecule has 0 heterocycles. The number of likely N-dealkylation sites (N-methyl/N-ethyl adjacent to an activating group) is 1. The number of ether oxygens (including phenoxy) is 1. The molecule has 0 fully saturated rings. The van der Waals surface area contributed by atoms with Gasteiger partial charge in [-0.25, -0.2) is 4.79 Å². The zero-order valence-electron chi connectivity index (χ0n) is 7.85. The van der Waals surface area contributed by atoms with Crippen LogP contribution in [-0.2, 0) is 4.74 Å². The summed E-state index contributed by atoms with van der Waals surface area (Å²) in [7, 11) is 0. The SMILES string of the molecule is CCCNC(=O)OCCNCC. The van der Waals surface area contributed by atoms with Gasteiger partial charge in [0.15, 0.2) is 0 Å². The third-order valence-corrected chi connectivity index (χ3v) is 1.28. The molecule has 0 aromatic heterocycles. The maximum atomic E-state index is 10.8. The van der Waals surface area contributed by atoms with Crippen molar-refractivity contribution in [3.63, 3.8) is 0 Å². The molecule has 0 radical (unpaired) electrons. The number of rotatable bonds is 6. The minimum atomic E-state index is -0.324. The monoisotopic (exact) mass is 174 g/mol. The van der Waals surface area contributed by atoms with Crippen molar-refractivity contribution in [3.8, 4) is 0 Å². The maximum absolute atomic E-state index is 10.8. The second-order valence-electron chi connectivity index (χ2n) is 2.42. The second kappa shape index (κ2) is 8.33. The van der Waals surface area contributed by atoms with Crippen molar-refractivity contribution in [2.45, 2.75) is 20.3 Å². The highest BCUT2D eigenvalue weighted by atomic mass is 16.5. The molecular formula is C8H18N2O2. The van der Waals surface area contributed by atoms with Crippen LogP contribution in [0.15, 0.2) is 0 Å². The van der Waals surface area contributed by atoms with Gasteiger partial charge in [-0.15, -0.1) is 0 Å². The fourth-order valence-electron chi connectivity index (χ4n) is 0.671. The molecule has 0 spiro atoms. The molecule has 0 saturated heterocycles. The summed E-state index contributed by atoms with van der Waals surface area (Å²) in [6, 6.07) is 0. The number of carbonyl (C=O) groups excluding carboxylic acids is 1. The van der Waals surface area contributed by atoms with E-state index in [-0.39, 0.29) is 6.09 Å². The molecule has 0 atom stereocenters. The Balaban J connectivity index is 3.08. The van der Waals surface area contributed by atoms with Crippen LogP contribution in [0.5, 0.6) is 0 Å². The predicted molar refractivity (Wildman–Crippen MR) is 48.2 cm³/mol. The molecule has 0 aromatic carbocycles. The van der Waals surface area contributed by atoms with Crippen LogP contribution >= 0.6 is 0 Å². The van der Waals surface area contributed by atoms with Crippen LogP contribution in [0.3, 0.4) is 0 Å². The van der Waals surface area contributed by atoms with Gasteiger partial charge in [-0.2, -0.15) is 0 Å². The molecule has 4 nitrogen and oxygen atoms in total. The minimum absolute atomic E-state index is 0.324. The van der Waals surface area contributed by atoms with E-state index in [0.29, 0.717) is 13.2 Å². The van der Waals surface area contributed by atoms with Crippen molar-refractivity contribution < 1.29 is 9.53 Å². The van der Waals surface area contributed by atoms with E-state index in [1.165, 1.54) is 0 Å². The van der Waals surface area contributed by atoms with Crippen molar-refractivity contribution in [3.05, 3.63) is 0 Å². The molecule has 72 valence electrons. The number of hydrogen-bond donors (Lipinski definition) is 2. The van der Waals surface area contributed by atoms with Gasteiger partial charge in [-0.1, -0.05) is 13.8 Å². The standard InChI is InChI=1S/C8H18N2O2/c1-3-5-10-8(11)12-7-6-9-4-2/h9H,3-7H2,1-2H3,(H,10,11). The Hall–Kier alpha value is -0.770. The van der Waals surface area contributed by atoms with Crippen LogP contribution in [0.2, 0.25) is 0 Å². The Bertz CT molecular complexity index is 118. The summed E-state index contributed by atoms with van der Waals surface area (Å²) >= 11 is 0. The van der Waals surface area contributed by atoms with Crippen LogP contribution in [0.1, 0.15) is 20.3 Å². The molecule has 12 heavy (non-hydrogen) atoms. The smallest absolute Gasteiger partial charge is 0.407 e. The minimum Gasteiger partial charge on any atom is -0.448 e. The van der Waals surface area contributed by atoms with Crippen LogP contribution in [0.4, 0.5) is 4.79 Å². The molecule has 0 aliphatic carbocycles. The Morgan fingerprint density at radius 1 is 1.33 bits per heavy atom. The average molecular weight is 174 g/mol. The van der Waals surface area contributed by atoms with Crippen LogP contribution in [0.25, 0.3) is 0 Å². The Kier molecular flexibility index (Phi) is 7.79. The lowest BCUT2D eigenvalue weighted by atomic mass is 10.5. The molecule has 0 aliphatic heterocycles. The third kappa shape index (κ3) is 7.34. The summed E-state index contributed by atoms with van der Waals surface area (Å²) in [5.74, 6) is 0. The average Bonchev–Trinajstić information content (AvgIpc) is 2.09. The number of nitrogens with one attached hydrogen (secondary N) is 2. The van der Waals surface area contributed by atoms with E-state index in [1.54, 1.807) is 0 Å². The van der Waals surface area contributed by atoms with Crippen molar-refractivity contribution >= 4 is 6.09 Å². The highest BCUT2D eigenvalue weighted by Crippen LogP contribution is 1.77. The summed E-state index contributed by atoms with van der Waals surface area (Å²) in [4.78, 5) is 10.8. The number of carbonyl (C=O) groups is 1. The van der Waals surface area contributed by atoms with Gasteiger partial charge in [0.2, 0.25) is 0 Å². The van der Waals surface area contributed by atoms with Crippen LogP contribution in [0, 0.1) is 0 Å². The Morgan fingerprint density at radius 2 is 2.08 bits per heavy atom. The van der Waals surface area contributed by atoms with Crippen LogP contribution in [-0.4, -0.2) is 32.3 Å². The van der Waals surface area contributed by atoms with Gasteiger partial charge in [0.1, 0.15) is 6.61 Å². The molecule has 0 bridgehead atoms. The fraction of sp³-hybridized carbons (Fsp3) is 0.875. The van der Waals surface area contributed by atoms with E-state index in [0.717, 1.165) is 19.5 Å². The van der Waals surface area contributed by atoms with Gasteiger partial charge in [-0.05, 0) is 13.0 Å². The van der Waals surface area contributed by atoms with Gasteiger partial charge >= 0.3 is 6.09 Å². The van der Waals surface area contributed by atoms with E-state index in [2.05, 4.69) is 10.6 Å². The highest BCUT2D eigenvalue weighted by molar-refractivity contribution is 5.66. The third-order valence-electron chi connectivity index (χ3n) is 1.28. The molecular weight excluding hydrogens is 156 g/mol. The first kappa shape index (κ1) is 11.2. The molecule has 0 rings (SSSR count). The normalized spacial score (nSPS) is 9.50. The quantitative estimate of drug-likeness (QED) is 0.584. The number of amides is 1. The lowest BCUT2D eigenvalue weighted by Crippen LogP contribution is -2.28. The number of hydrogen-bond acceptors (Lipinski definition) is 3. The maximum Gasteiger partial charge on any atom is 0.407 e. The van der Waals surface area contributed by atoms with Crippen molar-refractivity contribution in [2.75, 3.05) is 26.2 Å². The molecule has 1 amide bonds. The fourth-order valence-corrected chi connectivity index (χ4v) is 0.671. The number of alkyl carbamates (subject to hydrolysis) is 1. The molecule has 0 aromatic rings. The van der Waals surface area contributed by atoms with E-state index in [1.807, 2.05) is 13.8 Å². The first-order valence-corrected chi connectivity index (χ1v) is 4.42.